The summed E-state index contributed by atoms with van der Waals surface area (Å²) in [6.45, 7) is 7.22. The van der Waals surface area contributed by atoms with Crippen LogP contribution in [-0.2, 0) is 4.74 Å². The summed E-state index contributed by atoms with van der Waals surface area (Å²) in [5, 5.41) is 3.48. The van der Waals surface area contributed by atoms with E-state index in [1.807, 2.05) is 7.05 Å². The minimum absolute atomic E-state index is 0.792. The Labute approximate surface area is 146 Å². The van der Waals surface area contributed by atoms with E-state index in [-0.39, 0.29) is 0 Å². The van der Waals surface area contributed by atoms with E-state index in [4.69, 9.17) is 4.74 Å². The second kappa shape index (κ2) is 7.61. The van der Waals surface area contributed by atoms with Crippen molar-refractivity contribution >= 4 is 5.96 Å². The fraction of sp³-hybridized carbons (Fsp3) is 0.947. The molecule has 5 nitrogen and oxygen atoms in total. The SMILES string of the molecule is CN=C(NCCOCC1CC1)N1CCN(C2CC3CCC2C3)CC1. The quantitative estimate of drug-likeness (QED) is 0.457. The lowest BCUT2D eigenvalue weighted by atomic mass is 9.93. The van der Waals surface area contributed by atoms with Crippen LogP contribution in [-0.4, -0.2) is 74.8 Å². The van der Waals surface area contributed by atoms with E-state index in [9.17, 15) is 0 Å². The predicted molar refractivity (Wildman–Crippen MR) is 97.3 cm³/mol. The van der Waals surface area contributed by atoms with Gasteiger partial charge in [-0.2, -0.15) is 0 Å². The molecule has 0 aromatic heterocycles. The Morgan fingerprint density at radius 2 is 1.92 bits per heavy atom. The lowest BCUT2D eigenvalue weighted by Gasteiger charge is -2.41. The minimum atomic E-state index is 0.792. The van der Waals surface area contributed by atoms with Crippen LogP contribution in [0.1, 0.15) is 38.5 Å². The molecule has 3 atom stereocenters. The molecule has 3 aliphatic carbocycles. The van der Waals surface area contributed by atoms with Gasteiger partial charge in [-0.3, -0.25) is 9.89 Å². The van der Waals surface area contributed by atoms with Crippen molar-refractivity contribution in [1.82, 2.24) is 15.1 Å². The molecule has 3 saturated carbocycles. The van der Waals surface area contributed by atoms with Gasteiger partial charge in [-0.15, -0.1) is 0 Å². The van der Waals surface area contributed by atoms with Crippen molar-refractivity contribution in [3.05, 3.63) is 0 Å². The van der Waals surface area contributed by atoms with E-state index in [1.165, 1.54) is 51.6 Å². The molecule has 1 heterocycles. The van der Waals surface area contributed by atoms with Gasteiger partial charge in [-0.1, -0.05) is 6.42 Å². The van der Waals surface area contributed by atoms with Crippen molar-refractivity contribution in [3.8, 4) is 0 Å². The van der Waals surface area contributed by atoms with Crippen LogP contribution in [0.5, 0.6) is 0 Å². The lowest BCUT2D eigenvalue weighted by Crippen LogP contribution is -2.55. The van der Waals surface area contributed by atoms with Gasteiger partial charge in [-0.25, -0.2) is 0 Å². The Morgan fingerprint density at radius 3 is 2.54 bits per heavy atom. The molecule has 136 valence electrons. The van der Waals surface area contributed by atoms with Gasteiger partial charge in [0.15, 0.2) is 5.96 Å². The number of fused-ring (bicyclic) bond motifs is 2. The molecule has 1 N–H and O–H groups in total. The molecule has 24 heavy (non-hydrogen) atoms. The zero-order valence-corrected chi connectivity index (χ0v) is 15.3. The highest BCUT2D eigenvalue weighted by Gasteiger charge is 2.42. The molecule has 0 spiro atoms. The summed E-state index contributed by atoms with van der Waals surface area (Å²) in [7, 11) is 1.90. The third-order valence-corrected chi connectivity index (χ3v) is 6.58. The summed E-state index contributed by atoms with van der Waals surface area (Å²) in [4.78, 5) is 9.67. The second-order valence-electron chi connectivity index (χ2n) is 8.26. The summed E-state index contributed by atoms with van der Waals surface area (Å²) >= 11 is 0. The second-order valence-corrected chi connectivity index (χ2v) is 8.26. The van der Waals surface area contributed by atoms with Crippen LogP contribution in [0.3, 0.4) is 0 Å². The monoisotopic (exact) mass is 334 g/mol. The van der Waals surface area contributed by atoms with Crippen molar-refractivity contribution in [3.63, 3.8) is 0 Å². The maximum absolute atomic E-state index is 5.71. The number of nitrogens with one attached hydrogen (secondary N) is 1. The topological polar surface area (TPSA) is 40.1 Å². The summed E-state index contributed by atoms with van der Waals surface area (Å²) in [5.74, 6) is 3.95. The molecule has 0 amide bonds. The van der Waals surface area contributed by atoms with Gasteiger partial charge in [0.25, 0.3) is 0 Å². The third kappa shape index (κ3) is 3.88. The number of guanidine groups is 1. The third-order valence-electron chi connectivity index (χ3n) is 6.58. The molecule has 4 fully saturated rings. The summed E-state index contributed by atoms with van der Waals surface area (Å²) in [5.41, 5.74) is 0. The minimum Gasteiger partial charge on any atom is -0.379 e. The van der Waals surface area contributed by atoms with Gasteiger partial charge in [-0.05, 0) is 49.9 Å². The Morgan fingerprint density at radius 1 is 1.08 bits per heavy atom. The first-order chi connectivity index (χ1) is 11.8. The maximum atomic E-state index is 5.71. The normalized spacial score (nSPS) is 34.1. The standard InChI is InChI=1S/C19H34N4O/c1-20-19(21-6-11-24-14-15-2-3-15)23-9-7-22(8-10-23)18-13-16-4-5-17(18)12-16/h15-18H,2-14H2,1H3,(H,20,21). The van der Waals surface area contributed by atoms with Gasteiger partial charge in [0.05, 0.1) is 6.61 Å². The average molecular weight is 335 g/mol. The number of ether oxygens (including phenoxy) is 1. The molecule has 4 aliphatic rings. The first kappa shape index (κ1) is 16.6. The molecular formula is C19H34N4O. The Kier molecular flexibility index (Phi) is 5.28. The van der Waals surface area contributed by atoms with E-state index in [1.54, 1.807) is 0 Å². The fourth-order valence-electron chi connectivity index (χ4n) is 5.03. The van der Waals surface area contributed by atoms with E-state index in [2.05, 4.69) is 20.1 Å². The van der Waals surface area contributed by atoms with Gasteiger partial charge in [0.1, 0.15) is 0 Å². The van der Waals surface area contributed by atoms with Gasteiger partial charge >= 0.3 is 0 Å². The molecule has 3 unspecified atom stereocenters. The summed E-state index contributed by atoms with van der Waals surface area (Å²) in [6, 6.07) is 0.886. The summed E-state index contributed by atoms with van der Waals surface area (Å²) < 4.78 is 5.71. The Bertz CT molecular complexity index is 443. The van der Waals surface area contributed by atoms with Crippen molar-refractivity contribution in [2.24, 2.45) is 22.7 Å². The number of hydrogen-bond acceptors (Lipinski definition) is 3. The van der Waals surface area contributed by atoms with Crippen molar-refractivity contribution in [2.45, 2.75) is 44.6 Å². The Hall–Kier alpha value is -0.810. The predicted octanol–water partition coefficient (Wildman–Crippen LogP) is 1.79. The van der Waals surface area contributed by atoms with Crippen LogP contribution in [0.15, 0.2) is 4.99 Å². The van der Waals surface area contributed by atoms with E-state index in [0.717, 1.165) is 62.6 Å². The summed E-state index contributed by atoms with van der Waals surface area (Å²) in [6.07, 6.45) is 8.69. The van der Waals surface area contributed by atoms with Gasteiger partial charge in [0.2, 0.25) is 0 Å². The number of piperazine rings is 1. The molecule has 5 heteroatoms. The van der Waals surface area contributed by atoms with Crippen LogP contribution in [0.25, 0.3) is 0 Å². The van der Waals surface area contributed by atoms with Crippen molar-refractivity contribution in [1.29, 1.82) is 0 Å². The van der Waals surface area contributed by atoms with E-state index < -0.39 is 0 Å². The first-order valence-corrected chi connectivity index (χ1v) is 10.1. The van der Waals surface area contributed by atoms with Crippen LogP contribution in [0.2, 0.25) is 0 Å². The van der Waals surface area contributed by atoms with Crippen LogP contribution < -0.4 is 5.32 Å². The average Bonchev–Trinajstić information content (AvgIpc) is 3.20. The Balaban J connectivity index is 1.16. The zero-order chi connectivity index (χ0) is 16.4. The highest BCUT2D eigenvalue weighted by molar-refractivity contribution is 5.80. The molecule has 0 aromatic rings. The van der Waals surface area contributed by atoms with Gasteiger partial charge < -0.3 is 15.0 Å². The highest BCUT2D eigenvalue weighted by Crippen LogP contribution is 2.46. The van der Waals surface area contributed by atoms with Crippen molar-refractivity contribution in [2.75, 3.05) is 53.0 Å². The molecule has 1 aliphatic heterocycles. The first-order valence-electron chi connectivity index (χ1n) is 10.1. The molecule has 2 bridgehead atoms. The van der Waals surface area contributed by atoms with E-state index in [0.29, 0.717) is 0 Å². The van der Waals surface area contributed by atoms with Crippen molar-refractivity contribution < 1.29 is 4.74 Å². The largest absolute Gasteiger partial charge is 0.379 e. The lowest BCUT2D eigenvalue weighted by molar-refractivity contribution is 0.0949. The number of nitrogens with zero attached hydrogens (tertiary/aromatic N) is 3. The van der Waals surface area contributed by atoms with E-state index >= 15 is 0 Å². The number of rotatable bonds is 6. The number of aliphatic imine (C=N–C) groups is 1. The smallest absolute Gasteiger partial charge is 0.193 e. The fourth-order valence-corrected chi connectivity index (χ4v) is 5.03. The van der Waals surface area contributed by atoms with Crippen LogP contribution in [0.4, 0.5) is 0 Å². The molecule has 4 rings (SSSR count). The highest BCUT2D eigenvalue weighted by atomic mass is 16.5. The molecule has 1 saturated heterocycles. The van der Waals surface area contributed by atoms with Crippen LogP contribution >= 0.6 is 0 Å². The maximum Gasteiger partial charge on any atom is 0.193 e. The van der Waals surface area contributed by atoms with Gasteiger partial charge in [0, 0.05) is 52.4 Å². The molecule has 0 radical (unpaired) electrons. The molecular weight excluding hydrogens is 300 g/mol. The van der Waals surface area contributed by atoms with Crippen LogP contribution in [0, 0.1) is 17.8 Å². The zero-order valence-electron chi connectivity index (χ0n) is 15.3. The molecule has 0 aromatic carbocycles. The number of hydrogen-bond donors (Lipinski definition) is 1.